The van der Waals surface area contributed by atoms with Crippen LogP contribution < -0.4 is 5.32 Å². The number of rotatable bonds is 2. The number of aromatic nitrogens is 1. The molecule has 0 spiro atoms. The second kappa shape index (κ2) is 4.36. The van der Waals surface area contributed by atoms with Crippen molar-refractivity contribution in [2.75, 3.05) is 5.32 Å². The number of nitrogens with zero attached hydrogens (tertiary/aromatic N) is 1. The molecule has 0 atom stereocenters. The average molecular weight is 240 g/mol. The number of hydrogen-bond donors (Lipinski definition) is 1. The van der Waals surface area contributed by atoms with Crippen molar-refractivity contribution in [1.29, 1.82) is 0 Å². The number of pyridine rings is 1. The summed E-state index contributed by atoms with van der Waals surface area (Å²) < 4.78 is 25.6. The molecule has 2 rings (SSSR count). The minimum Gasteiger partial charge on any atom is -0.317 e. The van der Waals surface area contributed by atoms with Crippen molar-refractivity contribution in [3.63, 3.8) is 0 Å². The lowest BCUT2D eigenvalue weighted by Gasteiger charge is -2.03. The van der Waals surface area contributed by atoms with Gasteiger partial charge in [0, 0.05) is 0 Å². The number of carbonyl (C=O) groups excluding carboxylic acids is 1. The predicted octanol–water partition coefficient (Wildman–Crippen LogP) is 2.67. The largest absolute Gasteiger partial charge is 0.317 e. The zero-order chi connectivity index (χ0) is 11.5. The van der Waals surface area contributed by atoms with Crippen LogP contribution in [0, 0.1) is 11.9 Å². The summed E-state index contributed by atoms with van der Waals surface area (Å²) in [5.74, 6) is -2.40. The standard InChI is InChI=1S/C10H6F2N2OS/c11-8-4-3-6(9(12)14-8)13-10(15)7-2-1-5-16-7/h1-5H,(H,13,15). The fourth-order valence-corrected chi connectivity index (χ4v) is 1.72. The first-order chi connectivity index (χ1) is 7.66. The van der Waals surface area contributed by atoms with Gasteiger partial charge >= 0.3 is 0 Å². The topological polar surface area (TPSA) is 42.0 Å². The van der Waals surface area contributed by atoms with E-state index in [0.29, 0.717) is 4.88 Å². The van der Waals surface area contributed by atoms with Gasteiger partial charge in [0.2, 0.25) is 11.9 Å². The Labute approximate surface area is 93.8 Å². The van der Waals surface area contributed by atoms with E-state index in [0.717, 1.165) is 12.1 Å². The van der Waals surface area contributed by atoms with Crippen molar-refractivity contribution >= 4 is 22.9 Å². The van der Waals surface area contributed by atoms with Gasteiger partial charge < -0.3 is 5.32 Å². The highest BCUT2D eigenvalue weighted by Crippen LogP contribution is 2.15. The molecule has 2 aromatic heterocycles. The first-order valence-corrected chi connectivity index (χ1v) is 5.21. The maximum Gasteiger partial charge on any atom is 0.265 e. The molecule has 2 aromatic rings. The van der Waals surface area contributed by atoms with Gasteiger partial charge in [-0.3, -0.25) is 4.79 Å². The molecular formula is C10H6F2N2OS. The lowest BCUT2D eigenvalue weighted by Crippen LogP contribution is -2.12. The van der Waals surface area contributed by atoms with Gasteiger partial charge in [0.25, 0.3) is 5.91 Å². The third-order valence-corrected chi connectivity index (χ3v) is 2.68. The number of hydrogen-bond acceptors (Lipinski definition) is 3. The molecule has 0 unspecified atom stereocenters. The van der Waals surface area contributed by atoms with Crippen LogP contribution in [-0.2, 0) is 0 Å². The van der Waals surface area contributed by atoms with E-state index in [1.54, 1.807) is 17.5 Å². The second-order valence-corrected chi connectivity index (χ2v) is 3.85. The number of amides is 1. The van der Waals surface area contributed by atoms with Crippen molar-refractivity contribution in [2.24, 2.45) is 0 Å². The van der Waals surface area contributed by atoms with E-state index in [2.05, 4.69) is 10.3 Å². The van der Waals surface area contributed by atoms with Gasteiger partial charge in [0.1, 0.15) is 0 Å². The maximum atomic E-state index is 13.1. The predicted molar refractivity (Wildman–Crippen MR) is 56.4 cm³/mol. The van der Waals surface area contributed by atoms with Crippen molar-refractivity contribution < 1.29 is 13.6 Å². The van der Waals surface area contributed by atoms with Crippen LogP contribution in [0.15, 0.2) is 29.6 Å². The van der Waals surface area contributed by atoms with Crippen LogP contribution in [0.2, 0.25) is 0 Å². The zero-order valence-electron chi connectivity index (χ0n) is 7.91. The molecule has 0 saturated heterocycles. The van der Waals surface area contributed by atoms with Gasteiger partial charge in [-0.15, -0.1) is 11.3 Å². The van der Waals surface area contributed by atoms with E-state index < -0.39 is 17.8 Å². The monoisotopic (exact) mass is 240 g/mol. The third kappa shape index (κ3) is 2.22. The van der Waals surface area contributed by atoms with Crippen LogP contribution in [-0.4, -0.2) is 10.9 Å². The quantitative estimate of drug-likeness (QED) is 0.820. The molecule has 0 fully saturated rings. The van der Waals surface area contributed by atoms with Crippen molar-refractivity contribution in [3.8, 4) is 0 Å². The minimum absolute atomic E-state index is 0.139. The van der Waals surface area contributed by atoms with Gasteiger partial charge in [-0.2, -0.15) is 13.8 Å². The first kappa shape index (κ1) is 10.7. The molecular weight excluding hydrogens is 234 g/mol. The molecule has 0 radical (unpaired) electrons. The highest BCUT2D eigenvalue weighted by Gasteiger charge is 2.11. The highest BCUT2D eigenvalue weighted by molar-refractivity contribution is 7.12. The lowest BCUT2D eigenvalue weighted by atomic mass is 10.3. The number of thiophene rings is 1. The Bertz CT molecular complexity index is 514. The van der Waals surface area contributed by atoms with Gasteiger partial charge in [-0.25, -0.2) is 0 Å². The van der Waals surface area contributed by atoms with Crippen LogP contribution in [0.1, 0.15) is 9.67 Å². The molecule has 3 nitrogen and oxygen atoms in total. The Kier molecular flexibility index (Phi) is 2.91. The third-order valence-electron chi connectivity index (χ3n) is 1.81. The Balaban J connectivity index is 2.18. The van der Waals surface area contributed by atoms with E-state index in [1.807, 2.05) is 0 Å². The molecule has 16 heavy (non-hydrogen) atoms. The normalized spacial score (nSPS) is 10.1. The number of nitrogens with one attached hydrogen (secondary N) is 1. The summed E-state index contributed by atoms with van der Waals surface area (Å²) in [6, 6.07) is 5.42. The second-order valence-electron chi connectivity index (χ2n) is 2.90. The van der Waals surface area contributed by atoms with Crippen molar-refractivity contribution in [1.82, 2.24) is 4.98 Å². The van der Waals surface area contributed by atoms with E-state index >= 15 is 0 Å². The molecule has 0 aliphatic carbocycles. The van der Waals surface area contributed by atoms with E-state index in [1.165, 1.54) is 11.3 Å². The highest BCUT2D eigenvalue weighted by atomic mass is 32.1. The molecule has 2 heterocycles. The van der Waals surface area contributed by atoms with Crippen molar-refractivity contribution in [3.05, 3.63) is 46.4 Å². The fraction of sp³-hybridized carbons (Fsp3) is 0. The summed E-state index contributed by atoms with van der Waals surface area (Å²) in [6.07, 6.45) is 0. The first-order valence-electron chi connectivity index (χ1n) is 4.34. The lowest BCUT2D eigenvalue weighted by molar-refractivity contribution is 0.103. The Morgan fingerprint density at radius 3 is 2.75 bits per heavy atom. The Hall–Kier alpha value is -1.82. The van der Waals surface area contributed by atoms with Gasteiger partial charge in [-0.05, 0) is 23.6 Å². The van der Waals surface area contributed by atoms with Gasteiger partial charge in [0.05, 0.1) is 10.6 Å². The molecule has 82 valence electrons. The fourth-order valence-electron chi connectivity index (χ4n) is 1.10. The van der Waals surface area contributed by atoms with Crippen LogP contribution in [0.5, 0.6) is 0 Å². The minimum atomic E-state index is -1.04. The number of carbonyl (C=O) groups is 1. The Morgan fingerprint density at radius 1 is 1.31 bits per heavy atom. The van der Waals surface area contributed by atoms with Gasteiger partial charge in [0.15, 0.2) is 0 Å². The summed E-state index contributed by atoms with van der Waals surface area (Å²) in [6.45, 7) is 0. The molecule has 1 amide bonds. The summed E-state index contributed by atoms with van der Waals surface area (Å²) >= 11 is 1.23. The Morgan fingerprint density at radius 2 is 2.12 bits per heavy atom. The summed E-state index contributed by atoms with van der Waals surface area (Å²) in [5.41, 5.74) is -0.139. The van der Waals surface area contributed by atoms with Crippen LogP contribution in [0.25, 0.3) is 0 Å². The smallest absolute Gasteiger partial charge is 0.265 e. The molecule has 0 aromatic carbocycles. The van der Waals surface area contributed by atoms with Crippen LogP contribution in [0.4, 0.5) is 14.5 Å². The molecule has 0 aliphatic rings. The van der Waals surface area contributed by atoms with Gasteiger partial charge in [-0.1, -0.05) is 6.07 Å². The SMILES string of the molecule is O=C(Nc1ccc(F)nc1F)c1cccs1. The average Bonchev–Trinajstić information content (AvgIpc) is 2.75. The molecule has 0 bridgehead atoms. The summed E-state index contributed by atoms with van der Waals surface area (Å²) in [5, 5.41) is 4.04. The molecule has 6 heteroatoms. The maximum absolute atomic E-state index is 13.1. The van der Waals surface area contributed by atoms with Crippen molar-refractivity contribution in [2.45, 2.75) is 0 Å². The number of halogens is 2. The number of anilines is 1. The molecule has 1 N–H and O–H groups in total. The van der Waals surface area contributed by atoms with Crippen LogP contribution >= 0.6 is 11.3 Å². The molecule has 0 saturated carbocycles. The summed E-state index contributed by atoms with van der Waals surface area (Å²) in [4.78, 5) is 14.9. The summed E-state index contributed by atoms with van der Waals surface area (Å²) in [7, 11) is 0. The van der Waals surface area contributed by atoms with E-state index in [4.69, 9.17) is 0 Å². The zero-order valence-corrected chi connectivity index (χ0v) is 8.72. The van der Waals surface area contributed by atoms with E-state index in [-0.39, 0.29) is 5.69 Å². The van der Waals surface area contributed by atoms with E-state index in [9.17, 15) is 13.6 Å². The molecule has 0 aliphatic heterocycles. The van der Waals surface area contributed by atoms with Crippen LogP contribution in [0.3, 0.4) is 0 Å².